The van der Waals surface area contributed by atoms with Crippen LogP contribution in [-0.4, -0.2) is 29.2 Å². The molecular weight excluding hydrogens is 154 g/mol. The summed E-state index contributed by atoms with van der Waals surface area (Å²) in [5.74, 6) is 0.629. The summed E-state index contributed by atoms with van der Waals surface area (Å²) >= 11 is 0. The molecule has 0 saturated carbocycles. The summed E-state index contributed by atoms with van der Waals surface area (Å²) in [5.41, 5.74) is 1.61. The second-order valence-electron chi connectivity index (χ2n) is 2.85. The van der Waals surface area contributed by atoms with E-state index in [2.05, 4.69) is 9.97 Å². The van der Waals surface area contributed by atoms with Crippen molar-refractivity contribution in [2.45, 2.75) is 13.5 Å². The number of rotatable bonds is 2. The van der Waals surface area contributed by atoms with Crippen molar-refractivity contribution >= 4 is 5.95 Å². The van der Waals surface area contributed by atoms with Crippen LogP contribution in [0.15, 0.2) is 6.20 Å². The van der Waals surface area contributed by atoms with E-state index in [4.69, 9.17) is 5.11 Å². The Labute approximate surface area is 71.9 Å². The number of nitrogens with zero attached hydrogens (tertiary/aromatic N) is 3. The molecule has 0 amide bonds. The van der Waals surface area contributed by atoms with Gasteiger partial charge in [0.25, 0.3) is 0 Å². The number of anilines is 1. The Hall–Kier alpha value is -1.16. The van der Waals surface area contributed by atoms with Crippen molar-refractivity contribution in [1.82, 2.24) is 9.97 Å². The van der Waals surface area contributed by atoms with Crippen LogP contribution < -0.4 is 4.90 Å². The van der Waals surface area contributed by atoms with Gasteiger partial charge < -0.3 is 10.0 Å². The molecule has 1 heterocycles. The van der Waals surface area contributed by atoms with Crippen LogP contribution in [0.1, 0.15) is 11.3 Å². The van der Waals surface area contributed by atoms with Crippen LogP contribution in [0.3, 0.4) is 0 Å². The minimum absolute atomic E-state index is 0.0325. The Bertz CT molecular complexity index is 273. The summed E-state index contributed by atoms with van der Waals surface area (Å²) in [4.78, 5) is 10.0. The first kappa shape index (κ1) is 8.93. The summed E-state index contributed by atoms with van der Waals surface area (Å²) in [5, 5.41) is 8.92. The van der Waals surface area contributed by atoms with E-state index in [1.54, 1.807) is 11.1 Å². The first-order valence-corrected chi connectivity index (χ1v) is 3.76. The van der Waals surface area contributed by atoms with E-state index in [9.17, 15) is 0 Å². The number of aliphatic hydroxyl groups excluding tert-OH is 1. The number of hydrogen-bond acceptors (Lipinski definition) is 4. The molecule has 4 heteroatoms. The first-order chi connectivity index (χ1) is 5.65. The van der Waals surface area contributed by atoms with Gasteiger partial charge in [-0.15, -0.1) is 0 Å². The van der Waals surface area contributed by atoms with E-state index >= 15 is 0 Å². The van der Waals surface area contributed by atoms with Crippen LogP contribution in [-0.2, 0) is 6.61 Å². The molecule has 12 heavy (non-hydrogen) atoms. The zero-order valence-corrected chi connectivity index (χ0v) is 7.57. The smallest absolute Gasteiger partial charge is 0.225 e. The molecule has 0 aromatic carbocycles. The zero-order valence-electron chi connectivity index (χ0n) is 7.57. The fourth-order valence-corrected chi connectivity index (χ4v) is 0.842. The van der Waals surface area contributed by atoms with Crippen molar-refractivity contribution < 1.29 is 5.11 Å². The summed E-state index contributed by atoms with van der Waals surface area (Å²) in [6.45, 7) is 1.85. The number of aromatic nitrogens is 2. The SMILES string of the molecule is Cc1cnc(N(C)C)nc1CO. The van der Waals surface area contributed by atoms with Gasteiger partial charge in [0.05, 0.1) is 12.3 Å². The highest BCUT2D eigenvalue weighted by molar-refractivity contribution is 5.30. The number of aliphatic hydroxyl groups is 1. The Balaban J connectivity index is 3.05. The van der Waals surface area contributed by atoms with Crippen molar-refractivity contribution in [3.8, 4) is 0 Å². The van der Waals surface area contributed by atoms with E-state index in [0.29, 0.717) is 11.6 Å². The lowest BCUT2D eigenvalue weighted by molar-refractivity contribution is 0.276. The van der Waals surface area contributed by atoms with Gasteiger partial charge in [-0.25, -0.2) is 9.97 Å². The van der Waals surface area contributed by atoms with Gasteiger partial charge >= 0.3 is 0 Å². The minimum atomic E-state index is -0.0325. The highest BCUT2D eigenvalue weighted by Gasteiger charge is 2.03. The maximum Gasteiger partial charge on any atom is 0.225 e. The average Bonchev–Trinajstić information content (AvgIpc) is 2.05. The highest BCUT2D eigenvalue weighted by atomic mass is 16.3. The van der Waals surface area contributed by atoms with E-state index < -0.39 is 0 Å². The molecule has 66 valence electrons. The van der Waals surface area contributed by atoms with Gasteiger partial charge in [0.1, 0.15) is 0 Å². The molecule has 0 aliphatic carbocycles. The third kappa shape index (κ3) is 1.71. The van der Waals surface area contributed by atoms with Crippen LogP contribution in [0, 0.1) is 6.92 Å². The van der Waals surface area contributed by atoms with Gasteiger partial charge in [-0.05, 0) is 12.5 Å². The van der Waals surface area contributed by atoms with Crippen LogP contribution in [0.2, 0.25) is 0 Å². The Kier molecular flexibility index (Phi) is 2.60. The lowest BCUT2D eigenvalue weighted by atomic mass is 10.3. The molecule has 0 spiro atoms. The Morgan fingerprint density at radius 2 is 2.17 bits per heavy atom. The average molecular weight is 167 g/mol. The standard InChI is InChI=1S/C8H13N3O/c1-6-4-9-8(11(2)3)10-7(6)5-12/h4,12H,5H2,1-3H3. The molecule has 1 aromatic heterocycles. The summed E-state index contributed by atoms with van der Waals surface area (Å²) in [7, 11) is 3.73. The van der Waals surface area contributed by atoms with E-state index in [-0.39, 0.29) is 6.61 Å². The lowest BCUT2D eigenvalue weighted by Crippen LogP contribution is -2.14. The van der Waals surface area contributed by atoms with Gasteiger partial charge in [-0.1, -0.05) is 0 Å². The third-order valence-electron chi connectivity index (χ3n) is 1.61. The molecule has 0 aliphatic heterocycles. The monoisotopic (exact) mass is 167 g/mol. The molecule has 0 aliphatic rings. The van der Waals surface area contributed by atoms with Crippen molar-refractivity contribution in [3.63, 3.8) is 0 Å². The summed E-state index contributed by atoms with van der Waals surface area (Å²) < 4.78 is 0. The lowest BCUT2D eigenvalue weighted by Gasteiger charge is -2.11. The van der Waals surface area contributed by atoms with Gasteiger partial charge in [0.15, 0.2) is 0 Å². The molecule has 1 N–H and O–H groups in total. The molecule has 0 fully saturated rings. The third-order valence-corrected chi connectivity index (χ3v) is 1.61. The number of hydrogen-bond donors (Lipinski definition) is 1. The van der Waals surface area contributed by atoms with Gasteiger partial charge in [-0.2, -0.15) is 0 Å². The molecule has 1 aromatic rings. The van der Waals surface area contributed by atoms with Crippen molar-refractivity contribution in [3.05, 3.63) is 17.5 Å². The minimum Gasteiger partial charge on any atom is -0.390 e. The van der Waals surface area contributed by atoms with Crippen LogP contribution in [0.5, 0.6) is 0 Å². The maximum absolute atomic E-state index is 8.92. The predicted octanol–water partition coefficient (Wildman–Crippen LogP) is 0.343. The topological polar surface area (TPSA) is 49.2 Å². The molecular formula is C8H13N3O. The van der Waals surface area contributed by atoms with Gasteiger partial charge in [-0.3, -0.25) is 0 Å². The molecule has 0 saturated heterocycles. The van der Waals surface area contributed by atoms with Crippen molar-refractivity contribution in [2.75, 3.05) is 19.0 Å². The zero-order chi connectivity index (χ0) is 9.14. The molecule has 0 unspecified atom stereocenters. The van der Waals surface area contributed by atoms with E-state index in [1.165, 1.54) is 0 Å². The highest BCUT2D eigenvalue weighted by Crippen LogP contribution is 2.08. The van der Waals surface area contributed by atoms with E-state index in [0.717, 1.165) is 5.56 Å². The van der Waals surface area contributed by atoms with Crippen LogP contribution in [0.4, 0.5) is 5.95 Å². The van der Waals surface area contributed by atoms with Gasteiger partial charge in [0, 0.05) is 20.3 Å². The normalized spacial score (nSPS) is 10.0. The predicted molar refractivity (Wildman–Crippen MR) is 47.0 cm³/mol. The molecule has 1 rings (SSSR count). The van der Waals surface area contributed by atoms with E-state index in [1.807, 2.05) is 21.0 Å². The van der Waals surface area contributed by atoms with Crippen molar-refractivity contribution in [2.24, 2.45) is 0 Å². The molecule has 0 bridgehead atoms. The van der Waals surface area contributed by atoms with Crippen LogP contribution in [0.25, 0.3) is 0 Å². The molecule has 0 atom stereocenters. The Morgan fingerprint density at radius 3 is 2.67 bits per heavy atom. The summed E-state index contributed by atoms with van der Waals surface area (Å²) in [6, 6.07) is 0. The maximum atomic E-state index is 8.92. The first-order valence-electron chi connectivity index (χ1n) is 3.76. The fourth-order valence-electron chi connectivity index (χ4n) is 0.842. The van der Waals surface area contributed by atoms with Crippen molar-refractivity contribution in [1.29, 1.82) is 0 Å². The van der Waals surface area contributed by atoms with Crippen LogP contribution >= 0.6 is 0 Å². The Morgan fingerprint density at radius 1 is 1.50 bits per heavy atom. The second-order valence-corrected chi connectivity index (χ2v) is 2.85. The fraction of sp³-hybridized carbons (Fsp3) is 0.500. The quantitative estimate of drug-likeness (QED) is 0.690. The summed E-state index contributed by atoms with van der Waals surface area (Å²) in [6.07, 6.45) is 1.72. The van der Waals surface area contributed by atoms with Gasteiger partial charge in [0.2, 0.25) is 5.95 Å². The second kappa shape index (κ2) is 3.49. The number of aryl methyl sites for hydroxylation is 1. The molecule has 4 nitrogen and oxygen atoms in total. The largest absolute Gasteiger partial charge is 0.390 e. The molecule has 0 radical (unpaired) electrons.